The van der Waals surface area contributed by atoms with Crippen LogP contribution in [0.4, 0.5) is 5.82 Å². The summed E-state index contributed by atoms with van der Waals surface area (Å²) in [7, 11) is 3.34. The van der Waals surface area contributed by atoms with Crippen molar-refractivity contribution >= 4 is 11.7 Å². The van der Waals surface area contributed by atoms with Gasteiger partial charge in [0, 0.05) is 31.8 Å². The third-order valence-electron chi connectivity index (χ3n) is 4.10. The third-order valence-corrected chi connectivity index (χ3v) is 4.10. The van der Waals surface area contributed by atoms with Gasteiger partial charge in [-0.1, -0.05) is 17.3 Å². The van der Waals surface area contributed by atoms with E-state index in [1.165, 1.54) is 0 Å². The summed E-state index contributed by atoms with van der Waals surface area (Å²) in [6.45, 7) is 2.89. The van der Waals surface area contributed by atoms with Gasteiger partial charge < -0.3 is 19.5 Å². The largest absolute Gasteiger partial charge is 0.377 e. The van der Waals surface area contributed by atoms with Crippen molar-refractivity contribution in [1.82, 2.24) is 25.2 Å². The molecule has 0 fully saturated rings. The van der Waals surface area contributed by atoms with Crippen LogP contribution in [0.2, 0.25) is 0 Å². The third kappa shape index (κ3) is 4.49. The van der Waals surface area contributed by atoms with Crippen molar-refractivity contribution in [2.75, 3.05) is 26.0 Å². The van der Waals surface area contributed by atoms with Gasteiger partial charge in [-0.05, 0) is 31.2 Å². The fraction of sp³-hybridized carbons (Fsp3) is 0.316. The Labute approximate surface area is 162 Å². The van der Waals surface area contributed by atoms with Crippen molar-refractivity contribution in [2.24, 2.45) is 0 Å². The second-order valence-electron chi connectivity index (χ2n) is 5.99. The molecule has 9 heteroatoms. The molecule has 0 bridgehead atoms. The molecule has 1 N–H and O–H groups in total. The number of nitrogens with zero attached hydrogens (tertiary/aromatic N) is 5. The number of nitrogens with one attached hydrogen (secondary N) is 1. The second-order valence-corrected chi connectivity index (χ2v) is 5.99. The van der Waals surface area contributed by atoms with Crippen LogP contribution in [0.15, 0.2) is 40.9 Å². The van der Waals surface area contributed by atoms with Gasteiger partial charge in [0.1, 0.15) is 19.0 Å². The highest BCUT2D eigenvalue weighted by atomic mass is 16.5. The molecule has 1 aromatic carbocycles. The lowest BCUT2D eigenvalue weighted by molar-refractivity contribution is 0.0734. The smallest absolute Gasteiger partial charge is 0.254 e. The van der Waals surface area contributed by atoms with E-state index in [0.717, 1.165) is 5.56 Å². The molecule has 0 saturated heterocycles. The summed E-state index contributed by atoms with van der Waals surface area (Å²) in [5.74, 6) is 1.37. The Morgan fingerprint density at radius 1 is 1.25 bits per heavy atom. The lowest BCUT2D eigenvalue weighted by Crippen LogP contribution is -2.30. The van der Waals surface area contributed by atoms with Gasteiger partial charge in [0.25, 0.3) is 5.91 Å². The van der Waals surface area contributed by atoms with Crippen LogP contribution in [0.3, 0.4) is 0 Å². The van der Waals surface area contributed by atoms with E-state index in [1.807, 2.05) is 31.2 Å². The summed E-state index contributed by atoms with van der Waals surface area (Å²) >= 11 is 0. The van der Waals surface area contributed by atoms with Crippen LogP contribution >= 0.6 is 0 Å². The highest BCUT2D eigenvalue weighted by Crippen LogP contribution is 2.20. The molecular formula is C19H22N6O3. The Hall–Kier alpha value is -3.33. The number of carbonyl (C=O) groups excluding carboxylic acids is 1. The molecule has 3 aromatic rings. The number of aromatic nitrogens is 4. The van der Waals surface area contributed by atoms with Crippen molar-refractivity contribution in [3.63, 3.8) is 0 Å². The molecule has 0 aliphatic rings. The average Bonchev–Trinajstić information content (AvgIpc) is 3.19. The summed E-state index contributed by atoms with van der Waals surface area (Å²) in [5.41, 5.74) is 2.06. The Bertz CT molecular complexity index is 925. The summed E-state index contributed by atoms with van der Waals surface area (Å²) in [4.78, 5) is 18.8. The van der Waals surface area contributed by atoms with E-state index in [-0.39, 0.29) is 19.1 Å². The number of carbonyl (C=O) groups is 1. The monoisotopic (exact) mass is 382 g/mol. The van der Waals surface area contributed by atoms with E-state index in [1.54, 1.807) is 31.2 Å². The van der Waals surface area contributed by atoms with Crippen molar-refractivity contribution < 1.29 is 14.1 Å². The van der Waals surface area contributed by atoms with Crippen LogP contribution in [0.25, 0.3) is 11.3 Å². The molecule has 3 rings (SSSR count). The predicted molar refractivity (Wildman–Crippen MR) is 102 cm³/mol. The van der Waals surface area contributed by atoms with Gasteiger partial charge in [0.05, 0.1) is 5.69 Å². The fourth-order valence-corrected chi connectivity index (χ4v) is 2.65. The quantitative estimate of drug-likeness (QED) is 0.633. The lowest BCUT2D eigenvalue weighted by atomic mass is 10.1. The number of methoxy groups -OCH3 is 1. The zero-order valence-electron chi connectivity index (χ0n) is 16.0. The number of rotatable bonds is 8. The molecule has 146 valence electrons. The first-order valence-electron chi connectivity index (χ1n) is 8.86. The van der Waals surface area contributed by atoms with E-state index < -0.39 is 0 Å². The van der Waals surface area contributed by atoms with E-state index in [0.29, 0.717) is 35.3 Å². The number of amides is 1. The molecule has 28 heavy (non-hydrogen) atoms. The highest BCUT2D eigenvalue weighted by Gasteiger charge is 2.18. The number of benzene rings is 1. The Balaban J connectivity index is 1.77. The molecule has 0 unspecified atom stereocenters. The second kappa shape index (κ2) is 9.05. The molecule has 2 heterocycles. The summed E-state index contributed by atoms with van der Waals surface area (Å²) in [6, 6.07) is 11.0. The van der Waals surface area contributed by atoms with E-state index in [4.69, 9.17) is 9.26 Å². The van der Waals surface area contributed by atoms with Crippen LogP contribution < -0.4 is 5.32 Å². The first kappa shape index (κ1) is 19.4. The zero-order chi connectivity index (χ0) is 19.9. The van der Waals surface area contributed by atoms with Crippen LogP contribution in [-0.4, -0.2) is 51.8 Å². The Morgan fingerprint density at radius 2 is 2.11 bits per heavy atom. The van der Waals surface area contributed by atoms with Crippen molar-refractivity contribution in [3.8, 4) is 11.3 Å². The molecule has 9 nitrogen and oxygen atoms in total. The summed E-state index contributed by atoms with van der Waals surface area (Å²) in [6.07, 6.45) is 0. The molecule has 0 aliphatic carbocycles. The van der Waals surface area contributed by atoms with Crippen molar-refractivity contribution in [1.29, 1.82) is 0 Å². The normalized spacial score (nSPS) is 10.7. The molecule has 0 saturated carbocycles. The molecule has 0 aliphatic heterocycles. The number of ether oxygens (including phenoxy) is 1. The maximum Gasteiger partial charge on any atom is 0.254 e. The minimum absolute atomic E-state index is 0.129. The number of hydrogen-bond donors (Lipinski definition) is 1. The number of anilines is 1. The highest BCUT2D eigenvalue weighted by molar-refractivity contribution is 5.95. The van der Waals surface area contributed by atoms with Crippen LogP contribution in [0.1, 0.15) is 29.0 Å². The van der Waals surface area contributed by atoms with Crippen molar-refractivity contribution in [2.45, 2.75) is 20.1 Å². The molecule has 0 spiro atoms. The van der Waals surface area contributed by atoms with Gasteiger partial charge >= 0.3 is 0 Å². The van der Waals surface area contributed by atoms with Crippen LogP contribution in [0, 0.1) is 0 Å². The minimum atomic E-state index is -0.129. The molecule has 1 amide bonds. The SMILES string of the molecule is CCN(Cc1nc(COC)no1)C(=O)c1cccc(-c2ccc(NC)nn2)c1. The molecular weight excluding hydrogens is 360 g/mol. The first-order chi connectivity index (χ1) is 13.6. The van der Waals surface area contributed by atoms with Gasteiger partial charge in [0.2, 0.25) is 5.89 Å². The Kier molecular flexibility index (Phi) is 6.28. The fourth-order valence-electron chi connectivity index (χ4n) is 2.65. The van der Waals surface area contributed by atoms with Gasteiger partial charge in [-0.2, -0.15) is 4.98 Å². The maximum absolute atomic E-state index is 13.0. The van der Waals surface area contributed by atoms with E-state index in [2.05, 4.69) is 25.7 Å². The topological polar surface area (TPSA) is 106 Å². The van der Waals surface area contributed by atoms with Gasteiger partial charge in [-0.15, -0.1) is 10.2 Å². The van der Waals surface area contributed by atoms with Gasteiger partial charge in [0.15, 0.2) is 5.82 Å². The first-order valence-corrected chi connectivity index (χ1v) is 8.86. The average molecular weight is 382 g/mol. The van der Waals surface area contributed by atoms with Crippen LogP contribution in [0.5, 0.6) is 0 Å². The maximum atomic E-state index is 13.0. The van der Waals surface area contributed by atoms with E-state index in [9.17, 15) is 4.79 Å². The zero-order valence-corrected chi connectivity index (χ0v) is 16.0. The van der Waals surface area contributed by atoms with Gasteiger partial charge in [-0.3, -0.25) is 4.79 Å². The summed E-state index contributed by atoms with van der Waals surface area (Å²) < 4.78 is 10.2. The lowest BCUT2D eigenvalue weighted by Gasteiger charge is -2.19. The molecule has 0 atom stereocenters. The van der Waals surface area contributed by atoms with Crippen LogP contribution in [-0.2, 0) is 17.9 Å². The number of hydrogen-bond acceptors (Lipinski definition) is 8. The Morgan fingerprint density at radius 3 is 2.79 bits per heavy atom. The predicted octanol–water partition coefficient (Wildman–Crippen LogP) is 2.38. The summed E-state index contributed by atoms with van der Waals surface area (Å²) in [5, 5.41) is 15.0. The molecule has 0 radical (unpaired) electrons. The molecule has 2 aromatic heterocycles. The standard InChI is InChI=1S/C19H22N6O3/c1-4-25(11-18-21-17(12-27-3)24-28-18)19(26)14-7-5-6-13(10-14)15-8-9-16(20-2)23-22-15/h5-10H,4,11-12H2,1-3H3,(H,20,23). The van der Waals surface area contributed by atoms with E-state index >= 15 is 0 Å². The minimum Gasteiger partial charge on any atom is -0.377 e. The van der Waals surface area contributed by atoms with Gasteiger partial charge in [-0.25, -0.2) is 0 Å². The van der Waals surface area contributed by atoms with Crippen molar-refractivity contribution in [3.05, 3.63) is 53.7 Å².